The van der Waals surface area contributed by atoms with Crippen LogP contribution in [-0.4, -0.2) is 0 Å². The molecule has 0 atom stereocenters. The van der Waals surface area contributed by atoms with Gasteiger partial charge in [-0.15, -0.1) is 0 Å². The lowest BCUT2D eigenvalue weighted by molar-refractivity contribution is -0.136. The highest BCUT2D eigenvalue weighted by molar-refractivity contribution is 9.10. The van der Waals surface area contributed by atoms with Crippen molar-refractivity contribution in [2.75, 3.05) is 0 Å². The van der Waals surface area contributed by atoms with Gasteiger partial charge < -0.3 is 9.15 Å². The molecule has 0 spiro atoms. The molecule has 0 fully saturated rings. The zero-order chi connectivity index (χ0) is 17.3. The quantitative estimate of drug-likeness (QED) is 0.572. The van der Waals surface area contributed by atoms with E-state index >= 15 is 0 Å². The van der Waals surface area contributed by atoms with Gasteiger partial charge in [-0.25, -0.2) is 4.79 Å². The molecule has 0 saturated heterocycles. The molecular formula is C17H10BrF3O3. The third-order valence-electron chi connectivity index (χ3n) is 3.32. The van der Waals surface area contributed by atoms with Gasteiger partial charge >= 0.3 is 11.8 Å². The summed E-state index contributed by atoms with van der Waals surface area (Å²) in [5.74, 6) is 0.310. The van der Waals surface area contributed by atoms with Crippen molar-refractivity contribution in [1.29, 1.82) is 0 Å². The Morgan fingerprint density at radius 2 is 1.88 bits per heavy atom. The fraction of sp³-hybridized carbons (Fsp3) is 0.118. The van der Waals surface area contributed by atoms with Crippen LogP contribution in [0.1, 0.15) is 11.1 Å². The maximum atomic E-state index is 13.0. The molecule has 124 valence electrons. The molecule has 1 aromatic heterocycles. The highest BCUT2D eigenvalue weighted by Gasteiger charge is 2.33. The van der Waals surface area contributed by atoms with Crippen LogP contribution >= 0.6 is 15.9 Å². The topological polar surface area (TPSA) is 39.4 Å². The minimum atomic E-state index is -4.63. The van der Waals surface area contributed by atoms with Gasteiger partial charge in [-0.3, -0.25) is 0 Å². The molecule has 3 rings (SSSR count). The molecule has 3 nitrogen and oxygen atoms in total. The van der Waals surface area contributed by atoms with E-state index in [9.17, 15) is 18.0 Å². The van der Waals surface area contributed by atoms with Crippen molar-refractivity contribution in [2.45, 2.75) is 12.8 Å². The molecule has 0 saturated carbocycles. The lowest BCUT2D eigenvalue weighted by atomic mass is 10.1. The van der Waals surface area contributed by atoms with E-state index in [0.29, 0.717) is 11.8 Å². The van der Waals surface area contributed by atoms with Gasteiger partial charge in [-0.2, -0.15) is 13.2 Å². The third kappa shape index (κ3) is 3.62. The Bertz CT molecular complexity index is 948. The van der Waals surface area contributed by atoms with E-state index in [-0.39, 0.29) is 17.6 Å². The summed E-state index contributed by atoms with van der Waals surface area (Å²) in [7, 11) is 0. The van der Waals surface area contributed by atoms with Crippen molar-refractivity contribution in [2.24, 2.45) is 0 Å². The zero-order valence-corrected chi connectivity index (χ0v) is 13.6. The van der Waals surface area contributed by atoms with Crippen molar-refractivity contribution in [3.05, 3.63) is 74.6 Å². The van der Waals surface area contributed by atoms with Crippen LogP contribution in [0, 0.1) is 0 Å². The van der Waals surface area contributed by atoms with E-state index in [1.165, 1.54) is 18.2 Å². The summed E-state index contributed by atoms with van der Waals surface area (Å²) in [6, 6.07) is 11.8. The first-order chi connectivity index (χ1) is 11.3. The Morgan fingerprint density at radius 3 is 2.58 bits per heavy atom. The van der Waals surface area contributed by atoms with Gasteiger partial charge in [0.1, 0.15) is 17.9 Å². The SMILES string of the molecule is O=c1cc(C(F)(F)F)c2ccc(OCc3cccc(Br)c3)cc2o1. The maximum absolute atomic E-state index is 13.0. The fourth-order valence-corrected chi connectivity index (χ4v) is 2.71. The number of alkyl halides is 3. The third-order valence-corrected chi connectivity index (χ3v) is 3.81. The molecule has 0 aliphatic heterocycles. The molecule has 7 heteroatoms. The van der Waals surface area contributed by atoms with Gasteiger partial charge in [0.2, 0.25) is 0 Å². The molecule has 1 heterocycles. The summed E-state index contributed by atoms with van der Waals surface area (Å²) < 4.78 is 50.3. The molecule has 0 amide bonds. The highest BCUT2D eigenvalue weighted by Crippen LogP contribution is 2.34. The molecule has 3 aromatic rings. The van der Waals surface area contributed by atoms with Gasteiger partial charge in [0.25, 0.3) is 0 Å². The minimum absolute atomic E-state index is 0.165. The van der Waals surface area contributed by atoms with Crippen molar-refractivity contribution in [3.63, 3.8) is 0 Å². The first kappa shape index (κ1) is 16.6. The number of halogens is 4. The smallest absolute Gasteiger partial charge is 0.417 e. The summed E-state index contributed by atoms with van der Waals surface area (Å²) in [4.78, 5) is 11.4. The van der Waals surface area contributed by atoms with Gasteiger partial charge in [0.05, 0.1) is 5.56 Å². The Morgan fingerprint density at radius 1 is 1.08 bits per heavy atom. The molecule has 0 bridgehead atoms. The van der Waals surface area contributed by atoms with Crippen LogP contribution in [0.15, 0.2) is 62.2 Å². The second-order valence-electron chi connectivity index (χ2n) is 5.05. The molecule has 0 unspecified atom stereocenters. The van der Waals surface area contributed by atoms with Crippen LogP contribution < -0.4 is 10.4 Å². The lowest BCUT2D eigenvalue weighted by Gasteiger charge is -2.11. The van der Waals surface area contributed by atoms with Crippen molar-refractivity contribution >= 4 is 26.9 Å². The Balaban J connectivity index is 1.93. The van der Waals surface area contributed by atoms with Gasteiger partial charge in [0.15, 0.2) is 0 Å². The van der Waals surface area contributed by atoms with Gasteiger partial charge in [0, 0.05) is 22.0 Å². The molecule has 24 heavy (non-hydrogen) atoms. The van der Waals surface area contributed by atoms with E-state index in [1.54, 1.807) is 0 Å². The van der Waals surface area contributed by atoms with E-state index in [0.717, 1.165) is 10.0 Å². The second kappa shape index (κ2) is 6.32. The maximum Gasteiger partial charge on any atom is 0.417 e. The molecule has 0 radical (unpaired) electrons. The number of hydrogen-bond acceptors (Lipinski definition) is 3. The van der Waals surface area contributed by atoms with Gasteiger partial charge in [-0.05, 0) is 29.8 Å². The summed E-state index contributed by atoms with van der Waals surface area (Å²) >= 11 is 3.34. The first-order valence-corrected chi connectivity index (χ1v) is 7.64. The molecule has 2 aromatic carbocycles. The van der Waals surface area contributed by atoms with E-state index in [1.807, 2.05) is 24.3 Å². The molecule has 0 aliphatic rings. The predicted octanol–water partition coefficient (Wildman–Crippen LogP) is 5.15. The number of hydrogen-bond donors (Lipinski definition) is 0. The summed E-state index contributed by atoms with van der Waals surface area (Å²) in [5, 5.41) is -0.183. The zero-order valence-electron chi connectivity index (χ0n) is 12.1. The Kier molecular flexibility index (Phi) is 4.36. The number of ether oxygens (including phenoxy) is 1. The average molecular weight is 399 g/mol. The van der Waals surface area contributed by atoms with Crippen LogP contribution in [0.4, 0.5) is 13.2 Å². The van der Waals surface area contributed by atoms with Crippen molar-refractivity contribution in [1.82, 2.24) is 0 Å². The number of rotatable bonds is 3. The normalized spacial score (nSPS) is 11.7. The Labute approximate surface area is 142 Å². The van der Waals surface area contributed by atoms with Crippen molar-refractivity contribution < 1.29 is 22.3 Å². The van der Waals surface area contributed by atoms with Crippen LogP contribution in [0.5, 0.6) is 5.75 Å². The average Bonchev–Trinajstić information content (AvgIpc) is 2.51. The molecule has 0 N–H and O–H groups in total. The predicted molar refractivity (Wildman–Crippen MR) is 86.0 cm³/mol. The minimum Gasteiger partial charge on any atom is -0.489 e. The Hall–Kier alpha value is -2.28. The van der Waals surface area contributed by atoms with Crippen LogP contribution in [0.3, 0.4) is 0 Å². The van der Waals surface area contributed by atoms with Crippen LogP contribution in [-0.2, 0) is 12.8 Å². The largest absolute Gasteiger partial charge is 0.489 e. The summed E-state index contributed by atoms with van der Waals surface area (Å²) in [6.07, 6.45) is -4.63. The fourth-order valence-electron chi connectivity index (χ4n) is 2.26. The second-order valence-corrected chi connectivity index (χ2v) is 5.97. The van der Waals surface area contributed by atoms with E-state index in [4.69, 9.17) is 9.15 Å². The standard InChI is InChI=1S/C17H10BrF3O3/c18-11-3-1-2-10(6-11)9-23-12-4-5-13-14(17(19,20)21)8-16(22)24-15(13)7-12/h1-8H,9H2. The van der Waals surface area contributed by atoms with Crippen LogP contribution in [0.25, 0.3) is 11.0 Å². The monoisotopic (exact) mass is 398 g/mol. The van der Waals surface area contributed by atoms with Crippen LogP contribution in [0.2, 0.25) is 0 Å². The highest BCUT2D eigenvalue weighted by atomic mass is 79.9. The first-order valence-electron chi connectivity index (χ1n) is 6.85. The van der Waals surface area contributed by atoms with E-state index in [2.05, 4.69) is 15.9 Å². The molecule has 0 aliphatic carbocycles. The van der Waals surface area contributed by atoms with E-state index < -0.39 is 17.4 Å². The molecular weight excluding hydrogens is 389 g/mol. The van der Waals surface area contributed by atoms with Gasteiger partial charge in [-0.1, -0.05) is 28.1 Å². The number of benzene rings is 2. The van der Waals surface area contributed by atoms with Crippen molar-refractivity contribution in [3.8, 4) is 5.75 Å². The summed E-state index contributed by atoms with van der Waals surface area (Å²) in [6.45, 7) is 0.230. The number of fused-ring (bicyclic) bond motifs is 1. The lowest BCUT2D eigenvalue weighted by Crippen LogP contribution is -2.11. The summed E-state index contributed by atoms with van der Waals surface area (Å²) in [5.41, 5.74) is -1.36.